The first kappa shape index (κ1) is 14.9. The monoisotopic (exact) mass is 272 g/mol. The number of carbonyl (C=O) groups excluding carboxylic acids is 1. The maximum Gasteiger partial charge on any atom is 0.234 e. The largest absolute Gasteiger partial charge is 0.350 e. The van der Waals surface area contributed by atoms with Crippen LogP contribution >= 0.6 is 11.6 Å². The SMILES string of the molecule is CC(C)(C)NC(=O)CNCc1ccc(F)cc1Cl. The van der Waals surface area contributed by atoms with E-state index in [4.69, 9.17) is 11.6 Å². The molecule has 100 valence electrons. The molecule has 0 aliphatic heterocycles. The van der Waals surface area contributed by atoms with Crippen LogP contribution in [0.3, 0.4) is 0 Å². The first-order valence-electron chi connectivity index (χ1n) is 5.73. The third-order valence-electron chi connectivity index (χ3n) is 2.13. The molecule has 3 nitrogen and oxygen atoms in total. The molecule has 0 aromatic heterocycles. The lowest BCUT2D eigenvalue weighted by atomic mass is 10.1. The molecule has 0 bridgehead atoms. The van der Waals surface area contributed by atoms with Crippen molar-refractivity contribution in [2.24, 2.45) is 0 Å². The van der Waals surface area contributed by atoms with Crippen LogP contribution < -0.4 is 10.6 Å². The minimum absolute atomic E-state index is 0.0827. The Bertz CT molecular complexity index is 429. The number of amides is 1. The van der Waals surface area contributed by atoms with Crippen LogP contribution in [0.1, 0.15) is 26.3 Å². The fourth-order valence-electron chi connectivity index (χ4n) is 1.44. The van der Waals surface area contributed by atoms with E-state index in [1.807, 2.05) is 20.8 Å². The Balaban J connectivity index is 2.40. The topological polar surface area (TPSA) is 41.1 Å². The van der Waals surface area contributed by atoms with Crippen molar-refractivity contribution in [1.29, 1.82) is 0 Å². The summed E-state index contributed by atoms with van der Waals surface area (Å²) in [6, 6.07) is 4.21. The highest BCUT2D eigenvalue weighted by Crippen LogP contribution is 2.16. The van der Waals surface area contributed by atoms with Crippen molar-refractivity contribution < 1.29 is 9.18 Å². The Kier molecular flexibility index (Phi) is 5.11. The summed E-state index contributed by atoms with van der Waals surface area (Å²) in [6.45, 7) is 6.38. The van der Waals surface area contributed by atoms with Crippen LogP contribution in [-0.2, 0) is 11.3 Å². The zero-order chi connectivity index (χ0) is 13.8. The van der Waals surface area contributed by atoms with Crippen molar-refractivity contribution in [1.82, 2.24) is 10.6 Å². The first-order valence-corrected chi connectivity index (χ1v) is 6.11. The lowest BCUT2D eigenvalue weighted by Gasteiger charge is -2.20. The molecule has 0 heterocycles. The molecular weight excluding hydrogens is 255 g/mol. The quantitative estimate of drug-likeness (QED) is 0.884. The summed E-state index contributed by atoms with van der Waals surface area (Å²) >= 11 is 5.87. The molecule has 18 heavy (non-hydrogen) atoms. The second-order valence-electron chi connectivity index (χ2n) is 5.14. The van der Waals surface area contributed by atoms with Gasteiger partial charge in [-0.15, -0.1) is 0 Å². The van der Waals surface area contributed by atoms with Gasteiger partial charge in [-0.25, -0.2) is 4.39 Å². The van der Waals surface area contributed by atoms with Gasteiger partial charge in [-0.2, -0.15) is 0 Å². The van der Waals surface area contributed by atoms with E-state index in [9.17, 15) is 9.18 Å². The normalized spacial score (nSPS) is 11.4. The Labute approximate surface area is 112 Å². The molecule has 0 saturated heterocycles. The molecule has 0 radical (unpaired) electrons. The van der Waals surface area contributed by atoms with Gasteiger partial charge in [0.15, 0.2) is 0 Å². The highest BCUT2D eigenvalue weighted by atomic mass is 35.5. The standard InChI is InChI=1S/C13H18ClFN2O/c1-13(2,3)17-12(18)8-16-7-9-4-5-10(15)6-11(9)14/h4-6,16H,7-8H2,1-3H3,(H,17,18). The van der Waals surface area contributed by atoms with Crippen LogP contribution in [0.15, 0.2) is 18.2 Å². The minimum atomic E-state index is -0.366. The highest BCUT2D eigenvalue weighted by Gasteiger charge is 2.13. The van der Waals surface area contributed by atoms with Gasteiger partial charge in [0.25, 0.3) is 0 Å². The molecule has 0 aliphatic carbocycles. The third kappa shape index (κ3) is 5.47. The summed E-state index contributed by atoms with van der Waals surface area (Å²) in [6.07, 6.45) is 0. The van der Waals surface area contributed by atoms with E-state index < -0.39 is 0 Å². The molecular formula is C13H18ClFN2O. The molecule has 0 fully saturated rings. The Morgan fingerprint density at radius 3 is 2.61 bits per heavy atom. The first-order chi connectivity index (χ1) is 8.28. The maximum atomic E-state index is 12.8. The van der Waals surface area contributed by atoms with Gasteiger partial charge in [0.2, 0.25) is 5.91 Å². The summed E-state index contributed by atoms with van der Waals surface area (Å²) in [4.78, 5) is 11.5. The summed E-state index contributed by atoms with van der Waals surface area (Å²) in [5.74, 6) is -0.449. The number of nitrogens with one attached hydrogen (secondary N) is 2. The van der Waals surface area contributed by atoms with Crippen LogP contribution in [0.5, 0.6) is 0 Å². The number of rotatable bonds is 4. The van der Waals surface area contributed by atoms with Gasteiger partial charge in [0, 0.05) is 17.1 Å². The molecule has 0 atom stereocenters. The molecule has 0 aliphatic rings. The van der Waals surface area contributed by atoms with Gasteiger partial charge in [-0.3, -0.25) is 4.79 Å². The molecule has 0 saturated carbocycles. The van der Waals surface area contributed by atoms with Gasteiger partial charge in [0.05, 0.1) is 6.54 Å². The fraction of sp³-hybridized carbons (Fsp3) is 0.462. The van der Waals surface area contributed by atoms with Crippen molar-refractivity contribution in [3.05, 3.63) is 34.6 Å². The molecule has 1 aromatic rings. The predicted octanol–water partition coefficient (Wildman–Crippen LogP) is 2.48. The van der Waals surface area contributed by atoms with Crippen LogP contribution in [0.4, 0.5) is 4.39 Å². The molecule has 1 aromatic carbocycles. The van der Waals surface area contributed by atoms with E-state index in [2.05, 4.69) is 10.6 Å². The molecule has 0 spiro atoms. The molecule has 1 rings (SSSR count). The molecule has 2 N–H and O–H groups in total. The molecule has 0 unspecified atom stereocenters. The number of halogens is 2. The highest BCUT2D eigenvalue weighted by molar-refractivity contribution is 6.31. The van der Waals surface area contributed by atoms with E-state index in [-0.39, 0.29) is 23.8 Å². The summed E-state index contributed by atoms with van der Waals surface area (Å²) in [5.41, 5.74) is 0.522. The van der Waals surface area contributed by atoms with Crippen molar-refractivity contribution >= 4 is 17.5 Å². The summed E-state index contributed by atoms with van der Waals surface area (Å²) < 4.78 is 12.8. The lowest BCUT2D eigenvalue weighted by Crippen LogP contribution is -2.44. The van der Waals surface area contributed by atoms with E-state index in [0.717, 1.165) is 5.56 Å². The zero-order valence-corrected chi connectivity index (χ0v) is 11.6. The van der Waals surface area contributed by atoms with Crippen molar-refractivity contribution in [3.63, 3.8) is 0 Å². The number of carbonyl (C=O) groups is 1. The van der Waals surface area contributed by atoms with Crippen LogP contribution in [-0.4, -0.2) is 18.0 Å². The van der Waals surface area contributed by atoms with Crippen LogP contribution in [0.2, 0.25) is 5.02 Å². The number of hydrogen-bond acceptors (Lipinski definition) is 2. The molecule has 5 heteroatoms. The lowest BCUT2D eigenvalue weighted by molar-refractivity contribution is -0.121. The van der Waals surface area contributed by atoms with Crippen LogP contribution in [0.25, 0.3) is 0 Å². The van der Waals surface area contributed by atoms with E-state index in [1.165, 1.54) is 12.1 Å². The van der Waals surface area contributed by atoms with Crippen LogP contribution in [0, 0.1) is 5.82 Å². The average molecular weight is 273 g/mol. The van der Waals surface area contributed by atoms with E-state index in [1.54, 1.807) is 6.07 Å². The Hall–Kier alpha value is -1.13. The summed E-state index contributed by atoms with van der Waals surface area (Å²) in [5, 5.41) is 6.16. The van der Waals surface area contributed by atoms with Gasteiger partial charge in [-0.05, 0) is 38.5 Å². The van der Waals surface area contributed by atoms with Gasteiger partial charge >= 0.3 is 0 Å². The number of hydrogen-bond donors (Lipinski definition) is 2. The van der Waals surface area contributed by atoms with E-state index in [0.29, 0.717) is 11.6 Å². The number of benzene rings is 1. The van der Waals surface area contributed by atoms with Crippen molar-refractivity contribution in [3.8, 4) is 0 Å². The maximum absolute atomic E-state index is 12.8. The van der Waals surface area contributed by atoms with Gasteiger partial charge in [0.1, 0.15) is 5.82 Å². The van der Waals surface area contributed by atoms with Gasteiger partial charge < -0.3 is 10.6 Å². The Morgan fingerprint density at radius 1 is 1.39 bits per heavy atom. The van der Waals surface area contributed by atoms with E-state index >= 15 is 0 Å². The second kappa shape index (κ2) is 6.16. The predicted molar refractivity (Wildman–Crippen MR) is 71.0 cm³/mol. The smallest absolute Gasteiger partial charge is 0.234 e. The second-order valence-corrected chi connectivity index (χ2v) is 5.54. The zero-order valence-electron chi connectivity index (χ0n) is 10.8. The average Bonchev–Trinajstić information content (AvgIpc) is 2.18. The minimum Gasteiger partial charge on any atom is -0.350 e. The Morgan fingerprint density at radius 2 is 2.06 bits per heavy atom. The third-order valence-corrected chi connectivity index (χ3v) is 2.48. The molecule has 1 amide bonds. The fourth-order valence-corrected chi connectivity index (χ4v) is 1.67. The van der Waals surface area contributed by atoms with Crippen molar-refractivity contribution in [2.75, 3.05) is 6.54 Å². The van der Waals surface area contributed by atoms with Crippen molar-refractivity contribution in [2.45, 2.75) is 32.9 Å². The summed E-state index contributed by atoms with van der Waals surface area (Å²) in [7, 11) is 0. The van der Waals surface area contributed by atoms with Gasteiger partial charge in [-0.1, -0.05) is 17.7 Å².